The van der Waals surface area contributed by atoms with Gasteiger partial charge in [0.05, 0.1) is 6.61 Å². The number of unbranched alkanes of at least 4 members (excludes halogenated alkanes) is 1. The van der Waals surface area contributed by atoms with E-state index in [4.69, 9.17) is 10.5 Å². The molecule has 0 aliphatic carbocycles. The second-order valence-electron chi connectivity index (χ2n) is 3.92. The summed E-state index contributed by atoms with van der Waals surface area (Å²) in [6, 6.07) is 5.80. The molecule has 0 heterocycles. The van der Waals surface area contributed by atoms with Crippen molar-refractivity contribution in [3.63, 3.8) is 0 Å². The lowest BCUT2D eigenvalue weighted by atomic mass is 10.2. The molecule has 3 nitrogen and oxygen atoms in total. The second-order valence-corrected chi connectivity index (χ2v) is 3.92. The minimum atomic E-state index is 0.734. The van der Waals surface area contributed by atoms with Gasteiger partial charge in [0.1, 0.15) is 5.75 Å². The average Bonchev–Trinajstić information content (AvgIpc) is 2.26. The second kappa shape index (κ2) is 6.99. The van der Waals surface area contributed by atoms with E-state index < -0.39 is 0 Å². The van der Waals surface area contributed by atoms with Gasteiger partial charge in [-0.2, -0.15) is 0 Å². The summed E-state index contributed by atoms with van der Waals surface area (Å²) in [5.41, 5.74) is 7.60. The monoisotopic (exact) mass is 222 g/mol. The lowest BCUT2D eigenvalue weighted by Crippen LogP contribution is -2.03. The van der Waals surface area contributed by atoms with Crippen molar-refractivity contribution in [3.8, 4) is 5.75 Å². The Morgan fingerprint density at radius 3 is 2.69 bits per heavy atom. The van der Waals surface area contributed by atoms with E-state index in [2.05, 4.69) is 19.2 Å². The minimum absolute atomic E-state index is 0.734. The Kier molecular flexibility index (Phi) is 5.54. The van der Waals surface area contributed by atoms with Crippen LogP contribution in [0.25, 0.3) is 0 Å². The van der Waals surface area contributed by atoms with Crippen molar-refractivity contribution in [2.24, 2.45) is 0 Å². The van der Waals surface area contributed by atoms with E-state index in [9.17, 15) is 0 Å². The lowest BCUT2D eigenvalue weighted by molar-refractivity contribution is 0.318. The van der Waals surface area contributed by atoms with Gasteiger partial charge in [0.2, 0.25) is 0 Å². The van der Waals surface area contributed by atoms with E-state index in [1.165, 1.54) is 12.8 Å². The molecule has 90 valence electrons. The molecule has 0 atom stereocenters. The molecule has 3 heteroatoms. The van der Waals surface area contributed by atoms with E-state index >= 15 is 0 Å². The van der Waals surface area contributed by atoms with Crippen LogP contribution >= 0.6 is 0 Å². The zero-order chi connectivity index (χ0) is 11.8. The van der Waals surface area contributed by atoms with Crippen molar-refractivity contribution in [1.29, 1.82) is 0 Å². The first-order valence-corrected chi connectivity index (χ1v) is 6.03. The Labute approximate surface area is 98.0 Å². The van der Waals surface area contributed by atoms with Crippen molar-refractivity contribution < 1.29 is 4.74 Å². The quantitative estimate of drug-likeness (QED) is 0.550. The van der Waals surface area contributed by atoms with Crippen LogP contribution in [0.2, 0.25) is 0 Å². The fourth-order valence-electron chi connectivity index (χ4n) is 1.44. The van der Waals surface area contributed by atoms with Crippen LogP contribution in [-0.2, 0) is 0 Å². The molecule has 0 aliphatic heterocycles. The standard InChI is InChI=1S/C13H22N2O/c1-3-5-6-15-12-8-11(14)9-13(10-12)16-7-4-2/h8-10,15H,3-7,14H2,1-2H3. The summed E-state index contributed by atoms with van der Waals surface area (Å²) >= 11 is 0. The number of nitrogens with two attached hydrogens (primary N) is 1. The Bertz CT molecular complexity index is 313. The molecular weight excluding hydrogens is 200 g/mol. The molecule has 1 aromatic carbocycles. The molecule has 0 aromatic heterocycles. The molecule has 0 saturated carbocycles. The van der Waals surface area contributed by atoms with Gasteiger partial charge in [-0.15, -0.1) is 0 Å². The lowest BCUT2D eigenvalue weighted by Gasteiger charge is -2.10. The Morgan fingerprint density at radius 2 is 2.00 bits per heavy atom. The van der Waals surface area contributed by atoms with Gasteiger partial charge in [-0.1, -0.05) is 20.3 Å². The summed E-state index contributed by atoms with van der Waals surface area (Å²) in [5, 5.41) is 3.34. The highest BCUT2D eigenvalue weighted by molar-refractivity contribution is 5.59. The molecule has 0 saturated heterocycles. The van der Waals surface area contributed by atoms with E-state index in [0.29, 0.717) is 0 Å². The molecule has 1 aromatic rings. The molecule has 16 heavy (non-hydrogen) atoms. The topological polar surface area (TPSA) is 47.3 Å². The fourth-order valence-corrected chi connectivity index (χ4v) is 1.44. The van der Waals surface area contributed by atoms with Gasteiger partial charge in [0.25, 0.3) is 0 Å². The summed E-state index contributed by atoms with van der Waals surface area (Å²) in [7, 11) is 0. The average molecular weight is 222 g/mol. The van der Waals surface area contributed by atoms with Crippen LogP contribution in [0.3, 0.4) is 0 Å². The summed E-state index contributed by atoms with van der Waals surface area (Å²) < 4.78 is 5.56. The van der Waals surface area contributed by atoms with E-state index in [1.807, 2.05) is 18.2 Å². The van der Waals surface area contributed by atoms with E-state index in [1.54, 1.807) is 0 Å². The zero-order valence-electron chi connectivity index (χ0n) is 10.3. The van der Waals surface area contributed by atoms with Gasteiger partial charge in [-0.25, -0.2) is 0 Å². The number of anilines is 2. The number of benzene rings is 1. The smallest absolute Gasteiger partial charge is 0.123 e. The predicted octanol–water partition coefficient (Wildman–Crippen LogP) is 3.27. The number of ether oxygens (including phenoxy) is 1. The zero-order valence-corrected chi connectivity index (χ0v) is 10.3. The molecular formula is C13H22N2O. The molecule has 1 rings (SSSR count). The van der Waals surface area contributed by atoms with Crippen LogP contribution in [0.4, 0.5) is 11.4 Å². The van der Waals surface area contributed by atoms with Crippen molar-refractivity contribution in [3.05, 3.63) is 18.2 Å². The van der Waals surface area contributed by atoms with Crippen LogP contribution in [0.15, 0.2) is 18.2 Å². The van der Waals surface area contributed by atoms with Crippen LogP contribution in [-0.4, -0.2) is 13.2 Å². The first-order chi connectivity index (χ1) is 7.76. The highest BCUT2D eigenvalue weighted by Crippen LogP contribution is 2.22. The fraction of sp³-hybridized carbons (Fsp3) is 0.538. The summed E-state index contributed by atoms with van der Waals surface area (Å²) in [5.74, 6) is 0.848. The molecule has 0 bridgehead atoms. The van der Waals surface area contributed by atoms with Gasteiger partial charge < -0.3 is 15.8 Å². The molecule has 0 radical (unpaired) electrons. The van der Waals surface area contributed by atoms with Gasteiger partial charge in [-0.3, -0.25) is 0 Å². The Balaban J connectivity index is 2.58. The number of hydrogen-bond acceptors (Lipinski definition) is 3. The number of nitrogens with one attached hydrogen (secondary N) is 1. The number of nitrogen functional groups attached to an aromatic ring is 1. The highest BCUT2D eigenvalue weighted by Gasteiger charge is 1.99. The van der Waals surface area contributed by atoms with Crippen molar-refractivity contribution >= 4 is 11.4 Å². The SMILES string of the molecule is CCCCNc1cc(N)cc(OCCC)c1. The first kappa shape index (κ1) is 12.7. The third-order valence-electron chi connectivity index (χ3n) is 2.26. The van der Waals surface area contributed by atoms with Crippen LogP contribution in [0, 0.1) is 0 Å². The maximum Gasteiger partial charge on any atom is 0.123 e. The van der Waals surface area contributed by atoms with Gasteiger partial charge in [0, 0.05) is 30.1 Å². The summed E-state index contributed by atoms with van der Waals surface area (Å²) in [4.78, 5) is 0. The summed E-state index contributed by atoms with van der Waals surface area (Å²) in [6.07, 6.45) is 3.36. The van der Waals surface area contributed by atoms with Crippen molar-refractivity contribution in [2.45, 2.75) is 33.1 Å². The van der Waals surface area contributed by atoms with Crippen LogP contribution in [0.1, 0.15) is 33.1 Å². The molecule has 0 unspecified atom stereocenters. The molecule has 3 N–H and O–H groups in total. The summed E-state index contributed by atoms with van der Waals surface area (Å²) in [6.45, 7) is 5.98. The molecule has 0 aliphatic rings. The van der Waals surface area contributed by atoms with Gasteiger partial charge in [-0.05, 0) is 18.9 Å². The van der Waals surface area contributed by atoms with E-state index in [0.717, 1.165) is 36.7 Å². The molecule has 0 amide bonds. The predicted molar refractivity (Wildman–Crippen MR) is 70.0 cm³/mol. The Hall–Kier alpha value is -1.38. The maximum absolute atomic E-state index is 5.82. The number of rotatable bonds is 7. The van der Waals surface area contributed by atoms with Crippen molar-refractivity contribution in [2.75, 3.05) is 24.2 Å². The number of hydrogen-bond donors (Lipinski definition) is 2. The van der Waals surface area contributed by atoms with Gasteiger partial charge >= 0.3 is 0 Å². The third-order valence-corrected chi connectivity index (χ3v) is 2.26. The largest absolute Gasteiger partial charge is 0.493 e. The maximum atomic E-state index is 5.82. The first-order valence-electron chi connectivity index (χ1n) is 6.03. The van der Waals surface area contributed by atoms with E-state index in [-0.39, 0.29) is 0 Å². The Morgan fingerprint density at radius 1 is 1.19 bits per heavy atom. The van der Waals surface area contributed by atoms with Crippen LogP contribution < -0.4 is 15.8 Å². The van der Waals surface area contributed by atoms with Crippen molar-refractivity contribution in [1.82, 2.24) is 0 Å². The highest BCUT2D eigenvalue weighted by atomic mass is 16.5. The van der Waals surface area contributed by atoms with Crippen LogP contribution in [0.5, 0.6) is 5.75 Å². The molecule has 0 spiro atoms. The van der Waals surface area contributed by atoms with Gasteiger partial charge in [0.15, 0.2) is 0 Å². The minimum Gasteiger partial charge on any atom is -0.493 e. The third kappa shape index (κ3) is 4.43. The normalized spacial score (nSPS) is 10.1. The molecule has 0 fully saturated rings.